The second-order valence-electron chi connectivity index (χ2n) is 6.33. The topological polar surface area (TPSA) is 58.0 Å². The highest BCUT2D eigenvalue weighted by Gasteiger charge is 2.24. The number of halogens is 2. The van der Waals surface area contributed by atoms with Crippen LogP contribution in [0, 0.1) is 25.5 Å². The molecule has 0 spiro atoms. The third-order valence-electron chi connectivity index (χ3n) is 4.57. The molecule has 26 heavy (non-hydrogen) atoms. The van der Waals surface area contributed by atoms with Crippen LogP contribution >= 0.6 is 0 Å². The number of fused-ring (bicyclic) bond motifs is 1. The normalized spacial score (nSPS) is 14.9. The Morgan fingerprint density at radius 2 is 1.58 bits per heavy atom. The van der Waals surface area contributed by atoms with E-state index in [9.17, 15) is 8.78 Å². The molecule has 1 aliphatic heterocycles. The maximum Gasteiger partial charge on any atom is 0.186 e. The van der Waals surface area contributed by atoms with Crippen LogP contribution in [0.15, 0.2) is 24.5 Å². The van der Waals surface area contributed by atoms with Gasteiger partial charge in [0.05, 0.1) is 11.2 Å². The highest BCUT2D eigenvalue weighted by molar-refractivity contribution is 5.89. The number of aryl methyl sites for hydroxylation is 2. The molecule has 0 radical (unpaired) electrons. The Morgan fingerprint density at radius 1 is 0.885 bits per heavy atom. The van der Waals surface area contributed by atoms with E-state index in [1.807, 2.05) is 4.90 Å². The molecule has 8 heteroatoms. The monoisotopic (exact) mass is 356 g/mol. The summed E-state index contributed by atoms with van der Waals surface area (Å²) in [7, 11) is 0. The van der Waals surface area contributed by atoms with Gasteiger partial charge >= 0.3 is 0 Å². The fraction of sp³-hybridized carbons (Fsp3) is 0.333. The number of aromatic nitrogens is 4. The molecule has 0 unspecified atom stereocenters. The van der Waals surface area contributed by atoms with Gasteiger partial charge in [-0.3, -0.25) is 0 Å². The molecule has 0 bridgehead atoms. The van der Waals surface area contributed by atoms with Crippen LogP contribution in [-0.2, 0) is 0 Å². The first-order chi connectivity index (χ1) is 12.5. The quantitative estimate of drug-likeness (QED) is 0.704. The van der Waals surface area contributed by atoms with Crippen LogP contribution < -0.4 is 9.80 Å². The Hall–Kier alpha value is -2.90. The van der Waals surface area contributed by atoms with Gasteiger partial charge < -0.3 is 9.80 Å². The molecule has 0 aliphatic carbocycles. The van der Waals surface area contributed by atoms with Gasteiger partial charge in [-0.15, -0.1) is 0 Å². The van der Waals surface area contributed by atoms with Crippen molar-refractivity contribution < 1.29 is 8.78 Å². The summed E-state index contributed by atoms with van der Waals surface area (Å²) in [6, 6.07) is 4.49. The van der Waals surface area contributed by atoms with Crippen LogP contribution in [0.2, 0.25) is 0 Å². The van der Waals surface area contributed by atoms with Crippen molar-refractivity contribution >= 4 is 22.5 Å². The second kappa shape index (κ2) is 6.44. The van der Waals surface area contributed by atoms with Gasteiger partial charge in [-0.1, -0.05) is 0 Å². The van der Waals surface area contributed by atoms with Crippen molar-refractivity contribution in [3.63, 3.8) is 0 Å². The van der Waals surface area contributed by atoms with Crippen molar-refractivity contribution in [1.82, 2.24) is 19.9 Å². The molecule has 6 nitrogen and oxygen atoms in total. The van der Waals surface area contributed by atoms with E-state index in [-0.39, 0.29) is 11.6 Å². The fourth-order valence-corrected chi connectivity index (χ4v) is 3.29. The Morgan fingerprint density at radius 3 is 2.31 bits per heavy atom. The Labute approximate surface area is 149 Å². The second-order valence-corrected chi connectivity index (χ2v) is 6.33. The first-order valence-electron chi connectivity index (χ1n) is 8.44. The summed E-state index contributed by atoms with van der Waals surface area (Å²) in [6.45, 7) is 5.84. The third kappa shape index (κ3) is 2.91. The average Bonchev–Trinajstić information content (AvgIpc) is 2.64. The Balaban J connectivity index is 1.59. The molecule has 0 N–H and O–H groups in total. The number of nitrogens with zero attached hydrogens (tertiary/aromatic N) is 6. The molecule has 1 fully saturated rings. The minimum absolute atomic E-state index is 0.318. The van der Waals surface area contributed by atoms with E-state index in [1.54, 1.807) is 19.9 Å². The predicted molar refractivity (Wildman–Crippen MR) is 95.4 cm³/mol. The van der Waals surface area contributed by atoms with Crippen molar-refractivity contribution in [1.29, 1.82) is 0 Å². The number of anilines is 2. The Kier molecular flexibility index (Phi) is 4.10. The lowest BCUT2D eigenvalue weighted by Crippen LogP contribution is -2.47. The molecule has 0 atom stereocenters. The number of hydrogen-bond acceptors (Lipinski definition) is 6. The molecule has 1 aliphatic rings. The summed E-state index contributed by atoms with van der Waals surface area (Å²) in [5.41, 5.74) is 1.05. The van der Waals surface area contributed by atoms with Crippen LogP contribution in [-0.4, -0.2) is 46.1 Å². The summed E-state index contributed by atoms with van der Waals surface area (Å²) >= 11 is 0. The third-order valence-corrected chi connectivity index (χ3v) is 4.57. The summed E-state index contributed by atoms with van der Waals surface area (Å²) < 4.78 is 28.0. The molecule has 1 saturated heterocycles. The van der Waals surface area contributed by atoms with Crippen molar-refractivity contribution in [2.75, 3.05) is 36.0 Å². The van der Waals surface area contributed by atoms with E-state index in [4.69, 9.17) is 0 Å². The number of benzene rings is 1. The molecule has 3 aromatic rings. The van der Waals surface area contributed by atoms with Gasteiger partial charge in [0, 0.05) is 31.6 Å². The molecule has 0 amide bonds. The number of rotatable bonds is 2. The largest absolute Gasteiger partial charge is 0.352 e. The maximum absolute atomic E-state index is 14.4. The minimum atomic E-state index is -0.376. The van der Waals surface area contributed by atoms with Gasteiger partial charge in [-0.2, -0.15) is 0 Å². The zero-order chi connectivity index (χ0) is 18.3. The van der Waals surface area contributed by atoms with Crippen LogP contribution in [0.3, 0.4) is 0 Å². The van der Waals surface area contributed by atoms with E-state index < -0.39 is 0 Å². The molecular formula is C18H18F2N6. The first kappa shape index (κ1) is 16.6. The SMILES string of the molecule is Cc1nc(C)c(F)c(N2CCN(c3ncnc4ccc(F)cc34)CC2)n1. The van der Waals surface area contributed by atoms with Gasteiger partial charge in [0.1, 0.15) is 23.8 Å². The standard InChI is InChI=1S/C18H18F2N6/c1-11-16(20)18(24-12(2)23-11)26-7-5-25(6-8-26)17-14-9-13(19)3-4-15(14)21-10-22-17/h3-4,9-10H,5-8H2,1-2H3. The minimum Gasteiger partial charge on any atom is -0.352 e. The highest BCUT2D eigenvalue weighted by Crippen LogP contribution is 2.26. The van der Waals surface area contributed by atoms with Crippen LogP contribution in [0.4, 0.5) is 20.4 Å². The summed E-state index contributed by atoms with van der Waals surface area (Å²) in [6.07, 6.45) is 1.48. The van der Waals surface area contributed by atoms with Crippen LogP contribution in [0.1, 0.15) is 11.5 Å². The van der Waals surface area contributed by atoms with Crippen molar-refractivity contribution in [3.8, 4) is 0 Å². The van der Waals surface area contributed by atoms with E-state index in [2.05, 4.69) is 24.8 Å². The van der Waals surface area contributed by atoms with E-state index in [1.165, 1.54) is 18.5 Å². The van der Waals surface area contributed by atoms with Gasteiger partial charge in [-0.25, -0.2) is 28.7 Å². The lowest BCUT2D eigenvalue weighted by atomic mass is 10.2. The molecule has 3 heterocycles. The van der Waals surface area contributed by atoms with Crippen molar-refractivity contribution in [3.05, 3.63) is 47.7 Å². The van der Waals surface area contributed by atoms with E-state index in [0.29, 0.717) is 60.2 Å². The van der Waals surface area contributed by atoms with E-state index in [0.717, 1.165) is 0 Å². The molecule has 4 rings (SSSR count). The fourth-order valence-electron chi connectivity index (χ4n) is 3.29. The first-order valence-corrected chi connectivity index (χ1v) is 8.44. The molecular weight excluding hydrogens is 338 g/mol. The smallest absolute Gasteiger partial charge is 0.186 e. The van der Waals surface area contributed by atoms with Crippen molar-refractivity contribution in [2.24, 2.45) is 0 Å². The summed E-state index contributed by atoms with van der Waals surface area (Å²) in [5.74, 6) is 0.899. The van der Waals surface area contributed by atoms with Gasteiger partial charge in [0.2, 0.25) is 0 Å². The molecule has 2 aromatic heterocycles. The Bertz CT molecular complexity index is 969. The lowest BCUT2D eigenvalue weighted by molar-refractivity contribution is 0.571. The van der Waals surface area contributed by atoms with Crippen molar-refractivity contribution in [2.45, 2.75) is 13.8 Å². The van der Waals surface area contributed by atoms with Gasteiger partial charge in [0.25, 0.3) is 0 Å². The highest BCUT2D eigenvalue weighted by atomic mass is 19.1. The van der Waals surface area contributed by atoms with E-state index >= 15 is 0 Å². The molecule has 134 valence electrons. The summed E-state index contributed by atoms with van der Waals surface area (Å²) in [5, 5.41) is 0.681. The zero-order valence-corrected chi connectivity index (χ0v) is 14.6. The predicted octanol–water partition coefficient (Wildman–Crippen LogP) is 2.64. The molecule has 0 saturated carbocycles. The number of piperazine rings is 1. The van der Waals surface area contributed by atoms with Crippen LogP contribution in [0.5, 0.6) is 0 Å². The average molecular weight is 356 g/mol. The zero-order valence-electron chi connectivity index (χ0n) is 14.6. The maximum atomic E-state index is 14.4. The van der Waals surface area contributed by atoms with Gasteiger partial charge in [0.15, 0.2) is 11.6 Å². The lowest BCUT2D eigenvalue weighted by Gasteiger charge is -2.36. The number of hydrogen-bond donors (Lipinski definition) is 0. The molecule has 1 aromatic carbocycles. The van der Waals surface area contributed by atoms with Crippen LogP contribution in [0.25, 0.3) is 10.9 Å². The van der Waals surface area contributed by atoms with Gasteiger partial charge in [-0.05, 0) is 32.0 Å². The summed E-state index contributed by atoms with van der Waals surface area (Å²) in [4.78, 5) is 20.8.